The summed E-state index contributed by atoms with van der Waals surface area (Å²) in [6, 6.07) is 18.8. The van der Waals surface area contributed by atoms with Crippen molar-refractivity contribution in [1.29, 1.82) is 10.5 Å². The normalized spacial score (nSPS) is 11.0. The zero-order chi connectivity index (χ0) is 15.8. The molecule has 0 aromatic heterocycles. The van der Waals surface area contributed by atoms with Gasteiger partial charge in [0, 0.05) is 6.42 Å². The predicted molar refractivity (Wildman–Crippen MR) is 82.6 cm³/mol. The van der Waals surface area contributed by atoms with Gasteiger partial charge in [-0.3, -0.25) is 0 Å². The molecular weight excluding hydrogens is 276 g/mol. The molecule has 110 valence electrons. The third-order valence-corrected chi connectivity index (χ3v) is 3.33. The monoisotopic (exact) mass is 292 g/mol. The van der Waals surface area contributed by atoms with Gasteiger partial charge in [0.25, 0.3) is 0 Å². The Balaban J connectivity index is 1.97. The molecule has 0 N–H and O–H groups in total. The van der Waals surface area contributed by atoms with Gasteiger partial charge < -0.3 is 9.47 Å². The van der Waals surface area contributed by atoms with Crippen LogP contribution in [0.15, 0.2) is 48.5 Å². The van der Waals surface area contributed by atoms with E-state index in [0.717, 1.165) is 5.56 Å². The molecule has 2 aromatic carbocycles. The van der Waals surface area contributed by atoms with Crippen molar-refractivity contribution in [3.05, 3.63) is 59.7 Å². The summed E-state index contributed by atoms with van der Waals surface area (Å²) in [7, 11) is 1.59. The Morgan fingerprint density at radius 1 is 1.00 bits per heavy atom. The van der Waals surface area contributed by atoms with Crippen LogP contribution < -0.4 is 9.47 Å². The van der Waals surface area contributed by atoms with Crippen molar-refractivity contribution in [1.82, 2.24) is 0 Å². The number of rotatable bonds is 6. The zero-order valence-electron chi connectivity index (χ0n) is 12.3. The molecule has 2 rings (SSSR count). The molecule has 22 heavy (non-hydrogen) atoms. The van der Waals surface area contributed by atoms with Crippen LogP contribution >= 0.6 is 0 Å². The first-order valence-electron chi connectivity index (χ1n) is 6.94. The maximum absolute atomic E-state index is 9.31. The maximum Gasteiger partial charge on any atom is 0.161 e. The van der Waals surface area contributed by atoms with Crippen LogP contribution in [0.2, 0.25) is 0 Å². The highest BCUT2D eigenvalue weighted by Crippen LogP contribution is 2.27. The van der Waals surface area contributed by atoms with Crippen LogP contribution in [0.1, 0.15) is 23.5 Å². The third kappa shape index (κ3) is 3.77. The van der Waals surface area contributed by atoms with E-state index in [2.05, 4.69) is 12.1 Å². The van der Waals surface area contributed by atoms with E-state index in [9.17, 15) is 5.26 Å². The number of ether oxygens (including phenoxy) is 2. The molecule has 1 unspecified atom stereocenters. The van der Waals surface area contributed by atoms with Crippen LogP contribution in [0, 0.1) is 22.7 Å². The molecule has 0 radical (unpaired) electrons. The minimum atomic E-state index is -0.262. The van der Waals surface area contributed by atoms with E-state index in [0.29, 0.717) is 30.1 Å². The van der Waals surface area contributed by atoms with E-state index in [1.165, 1.54) is 0 Å². The summed E-state index contributed by atoms with van der Waals surface area (Å²) in [6.45, 7) is 0.415. The second kappa shape index (κ2) is 7.71. The molecule has 1 atom stereocenters. The fourth-order valence-electron chi connectivity index (χ4n) is 2.12. The van der Waals surface area contributed by atoms with Crippen LogP contribution in [0.4, 0.5) is 0 Å². The summed E-state index contributed by atoms with van der Waals surface area (Å²) in [5.74, 6) is 1.08. The molecule has 0 saturated heterocycles. The van der Waals surface area contributed by atoms with Crippen LogP contribution in [0.5, 0.6) is 11.5 Å². The first kappa shape index (κ1) is 15.4. The van der Waals surface area contributed by atoms with Gasteiger partial charge in [-0.25, -0.2) is 0 Å². The summed E-state index contributed by atoms with van der Waals surface area (Å²) < 4.78 is 10.9. The van der Waals surface area contributed by atoms with Crippen LogP contribution in [0.3, 0.4) is 0 Å². The highest BCUT2D eigenvalue weighted by Gasteiger charge is 2.11. The minimum absolute atomic E-state index is 0.262. The molecular formula is C18H16N2O2. The molecule has 0 saturated carbocycles. The zero-order valence-corrected chi connectivity index (χ0v) is 12.3. The van der Waals surface area contributed by atoms with Crippen molar-refractivity contribution >= 4 is 0 Å². The fraction of sp³-hybridized carbons (Fsp3) is 0.222. The third-order valence-electron chi connectivity index (χ3n) is 3.33. The van der Waals surface area contributed by atoms with E-state index in [-0.39, 0.29) is 5.92 Å². The second-order valence-electron chi connectivity index (χ2n) is 4.70. The first-order chi connectivity index (χ1) is 10.8. The van der Waals surface area contributed by atoms with Gasteiger partial charge in [-0.05, 0) is 29.8 Å². The second-order valence-corrected chi connectivity index (χ2v) is 4.70. The molecule has 4 nitrogen and oxygen atoms in total. The van der Waals surface area contributed by atoms with Crippen LogP contribution in [-0.2, 0) is 0 Å². The van der Waals surface area contributed by atoms with E-state index >= 15 is 0 Å². The van der Waals surface area contributed by atoms with Crippen molar-refractivity contribution in [2.75, 3.05) is 13.7 Å². The van der Waals surface area contributed by atoms with Gasteiger partial charge in [-0.2, -0.15) is 10.5 Å². The van der Waals surface area contributed by atoms with Crippen molar-refractivity contribution in [3.8, 4) is 23.6 Å². The summed E-state index contributed by atoms with van der Waals surface area (Å²) in [4.78, 5) is 0. The first-order valence-corrected chi connectivity index (χ1v) is 6.94. The van der Waals surface area contributed by atoms with Gasteiger partial charge in [0.05, 0.1) is 37.3 Å². The molecule has 0 fully saturated rings. The lowest BCUT2D eigenvalue weighted by atomic mass is 9.97. The van der Waals surface area contributed by atoms with Crippen LogP contribution in [0.25, 0.3) is 0 Å². The Hall–Kier alpha value is -2.98. The van der Waals surface area contributed by atoms with E-state index in [1.807, 2.05) is 36.4 Å². The average molecular weight is 292 g/mol. The predicted octanol–water partition coefficient (Wildman–Crippen LogP) is 3.64. The molecule has 0 bridgehead atoms. The molecule has 0 aliphatic rings. The van der Waals surface area contributed by atoms with E-state index < -0.39 is 0 Å². The standard InChI is InChI=1S/C18H16N2O2/c1-21-17-4-2-3-5-18(17)22-11-10-16(13-20)15-8-6-14(12-19)7-9-15/h2-9,16H,10-11H2,1H3. The Kier molecular flexibility index (Phi) is 5.40. The van der Waals surface area contributed by atoms with Gasteiger partial charge in [0.1, 0.15) is 0 Å². The number of nitriles is 2. The quantitative estimate of drug-likeness (QED) is 0.815. The van der Waals surface area contributed by atoms with Crippen molar-refractivity contribution < 1.29 is 9.47 Å². The highest BCUT2D eigenvalue weighted by atomic mass is 16.5. The van der Waals surface area contributed by atoms with Gasteiger partial charge in [-0.1, -0.05) is 24.3 Å². The lowest BCUT2D eigenvalue weighted by molar-refractivity contribution is 0.285. The molecule has 0 heterocycles. The Labute approximate surface area is 130 Å². The molecule has 0 amide bonds. The molecule has 0 aliphatic heterocycles. The number of hydrogen-bond acceptors (Lipinski definition) is 4. The number of hydrogen-bond donors (Lipinski definition) is 0. The van der Waals surface area contributed by atoms with Crippen molar-refractivity contribution in [3.63, 3.8) is 0 Å². The SMILES string of the molecule is COc1ccccc1OCCC(C#N)c1ccc(C#N)cc1. The van der Waals surface area contributed by atoms with Crippen molar-refractivity contribution in [2.24, 2.45) is 0 Å². The largest absolute Gasteiger partial charge is 0.493 e. The highest BCUT2D eigenvalue weighted by molar-refractivity contribution is 5.39. The number of benzene rings is 2. The number of nitrogens with zero attached hydrogens (tertiary/aromatic N) is 2. The summed E-state index contributed by atoms with van der Waals surface area (Å²) in [5.41, 5.74) is 1.48. The van der Waals surface area contributed by atoms with Crippen molar-refractivity contribution in [2.45, 2.75) is 12.3 Å². The van der Waals surface area contributed by atoms with E-state index in [4.69, 9.17) is 14.7 Å². The maximum atomic E-state index is 9.31. The number of para-hydroxylation sites is 2. The Bertz CT molecular complexity index is 696. The lowest BCUT2D eigenvalue weighted by Gasteiger charge is -2.13. The van der Waals surface area contributed by atoms with E-state index in [1.54, 1.807) is 19.2 Å². The minimum Gasteiger partial charge on any atom is -0.493 e. The topological polar surface area (TPSA) is 66.0 Å². The Morgan fingerprint density at radius 2 is 1.68 bits per heavy atom. The molecule has 0 spiro atoms. The van der Waals surface area contributed by atoms with Gasteiger partial charge in [0.2, 0.25) is 0 Å². The van der Waals surface area contributed by atoms with Gasteiger partial charge >= 0.3 is 0 Å². The summed E-state index contributed by atoms with van der Waals surface area (Å²) >= 11 is 0. The molecule has 0 aliphatic carbocycles. The average Bonchev–Trinajstić information content (AvgIpc) is 2.59. The van der Waals surface area contributed by atoms with Gasteiger partial charge in [0.15, 0.2) is 11.5 Å². The smallest absolute Gasteiger partial charge is 0.161 e. The van der Waals surface area contributed by atoms with Gasteiger partial charge in [-0.15, -0.1) is 0 Å². The molecule has 4 heteroatoms. The Morgan fingerprint density at radius 3 is 2.27 bits per heavy atom. The fourth-order valence-corrected chi connectivity index (χ4v) is 2.12. The molecule has 2 aromatic rings. The number of methoxy groups -OCH3 is 1. The summed E-state index contributed by atoms with van der Waals surface area (Å²) in [5, 5.41) is 18.1. The summed E-state index contributed by atoms with van der Waals surface area (Å²) in [6.07, 6.45) is 0.570. The lowest BCUT2D eigenvalue weighted by Crippen LogP contribution is -2.05. The van der Waals surface area contributed by atoms with Crippen LogP contribution in [-0.4, -0.2) is 13.7 Å².